The second-order valence-electron chi connectivity index (χ2n) is 6.66. The second kappa shape index (κ2) is 7.15. The van der Waals surface area contributed by atoms with Gasteiger partial charge in [-0.05, 0) is 43.7 Å². The molecule has 0 spiro atoms. The van der Waals surface area contributed by atoms with Crippen LogP contribution in [0.2, 0.25) is 0 Å². The quantitative estimate of drug-likeness (QED) is 0.619. The lowest BCUT2D eigenvalue weighted by Gasteiger charge is -2.15. The molecular formula is C21H20N4O2. The van der Waals surface area contributed by atoms with E-state index in [2.05, 4.69) is 28.9 Å². The van der Waals surface area contributed by atoms with E-state index in [1.807, 2.05) is 35.2 Å². The van der Waals surface area contributed by atoms with Crippen LogP contribution in [-0.4, -0.2) is 27.3 Å². The van der Waals surface area contributed by atoms with Gasteiger partial charge in [0.25, 0.3) is 0 Å². The van der Waals surface area contributed by atoms with Crippen LogP contribution in [-0.2, 0) is 13.0 Å². The van der Waals surface area contributed by atoms with Gasteiger partial charge in [0, 0.05) is 36.6 Å². The fourth-order valence-electron chi connectivity index (χ4n) is 3.31. The average molecular weight is 360 g/mol. The summed E-state index contributed by atoms with van der Waals surface area (Å²) in [5.74, 6) is 0.571. The molecule has 0 saturated carbocycles. The number of ether oxygens (including phenoxy) is 1. The Hall–Kier alpha value is -3.28. The third-order valence-corrected chi connectivity index (χ3v) is 4.61. The van der Waals surface area contributed by atoms with Gasteiger partial charge in [-0.25, -0.2) is 0 Å². The van der Waals surface area contributed by atoms with Crippen molar-refractivity contribution in [1.29, 1.82) is 0 Å². The summed E-state index contributed by atoms with van der Waals surface area (Å²) in [6.07, 6.45) is 6.86. The highest BCUT2D eigenvalue weighted by Gasteiger charge is 2.18. The van der Waals surface area contributed by atoms with Gasteiger partial charge >= 0.3 is 0 Å². The Morgan fingerprint density at radius 3 is 2.93 bits per heavy atom. The average Bonchev–Trinajstić information content (AvgIpc) is 3.35. The van der Waals surface area contributed by atoms with Crippen LogP contribution in [0.15, 0.2) is 47.7 Å². The number of pyridine rings is 1. The third kappa shape index (κ3) is 3.14. The summed E-state index contributed by atoms with van der Waals surface area (Å²) < 4.78 is 7.96. The van der Waals surface area contributed by atoms with Crippen LogP contribution >= 0.6 is 0 Å². The monoisotopic (exact) mass is 360 g/mol. The molecule has 0 radical (unpaired) electrons. The molecule has 0 amide bonds. The first-order chi connectivity index (χ1) is 13.2. The zero-order chi connectivity index (χ0) is 18.8. The number of aliphatic imine (C=N–C) groups is 1. The van der Waals surface area contributed by atoms with Crippen LogP contribution in [0.5, 0.6) is 5.75 Å². The number of hydrogen-bond donors (Lipinski definition) is 0. The van der Waals surface area contributed by atoms with E-state index in [0.29, 0.717) is 24.3 Å². The lowest BCUT2D eigenvalue weighted by molar-refractivity contribution is 0.111. The van der Waals surface area contributed by atoms with Gasteiger partial charge < -0.3 is 4.74 Å². The maximum atomic E-state index is 11.6. The third-order valence-electron chi connectivity index (χ3n) is 4.61. The summed E-state index contributed by atoms with van der Waals surface area (Å²) in [5.41, 5.74) is 5.05. The minimum Gasteiger partial charge on any atom is -0.488 e. The van der Waals surface area contributed by atoms with Crippen molar-refractivity contribution in [3.63, 3.8) is 0 Å². The molecule has 0 bridgehead atoms. The smallest absolute Gasteiger partial charge is 0.154 e. The largest absolute Gasteiger partial charge is 0.488 e. The molecule has 3 aromatic rings. The molecule has 0 fully saturated rings. The topological polar surface area (TPSA) is 69.4 Å². The summed E-state index contributed by atoms with van der Waals surface area (Å²) in [5, 5.41) is 4.39. The van der Waals surface area contributed by atoms with Gasteiger partial charge in [0.2, 0.25) is 0 Å². The minimum absolute atomic E-state index is 0.226. The molecule has 6 nitrogen and oxygen atoms in total. The molecule has 4 rings (SSSR count). The zero-order valence-electron chi connectivity index (χ0n) is 15.3. The van der Waals surface area contributed by atoms with E-state index in [1.165, 1.54) is 0 Å². The Bertz CT molecular complexity index is 1020. The number of fused-ring (bicyclic) bond motifs is 1. The van der Waals surface area contributed by atoms with Crippen LogP contribution in [0.4, 0.5) is 5.69 Å². The van der Waals surface area contributed by atoms with Crippen molar-refractivity contribution in [3.8, 4) is 17.1 Å². The summed E-state index contributed by atoms with van der Waals surface area (Å²) in [6, 6.07) is 9.74. The number of carbonyl (C=O) groups is 1. The van der Waals surface area contributed by atoms with Crippen LogP contribution < -0.4 is 4.74 Å². The van der Waals surface area contributed by atoms with Gasteiger partial charge in [0.1, 0.15) is 12.4 Å². The molecule has 27 heavy (non-hydrogen) atoms. The van der Waals surface area contributed by atoms with Crippen molar-refractivity contribution in [2.45, 2.75) is 32.9 Å². The Morgan fingerprint density at radius 1 is 1.22 bits per heavy atom. The standard InChI is InChI=1S/C21H20N4O2/c1-14(2)25-19(8-11-24-25)21-15(4-3-9-23-21)13-27-20-6-5-18-16(7-10-22-18)17(20)12-26/h3-6,8-12,14H,7,13H2,1-2H3. The maximum absolute atomic E-state index is 11.6. The Morgan fingerprint density at radius 2 is 2.11 bits per heavy atom. The van der Waals surface area contributed by atoms with Gasteiger partial charge in [0.15, 0.2) is 6.29 Å². The van der Waals surface area contributed by atoms with Crippen molar-refractivity contribution < 1.29 is 9.53 Å². The molecule has 0 atom stereocenters. The van der Waals surface area contributed by atoms with Crippen LogP contribution in [0.25, 0.3) is 11.4 Å². The lowest BCUT2D eigenvalue weighted by atomic mass is 10.0. The van der Waals surface area contributed by atoms with Gasteiger partial charge in [-0.1, -0.05) is 6.07 Å². The number of aldehydes is 1. The molecular weight excluding hydrogens is 340 g/mol. The highest BCUT2D eigenvalue weighted by Crippen LogP contribution is 2.33. The predicted octanol–water partition coefficient (Wildman–Crippen LogP) is 4.18. The molecule has 1 aliphatic rings. The zero-order valence-corrected chi connectivity index (χ0v) is 15.3. The van der Waals surface area contributed by atoms with Gasteiger partial charge in [0.05, 0.1) is 22.6 Å². The lowest BCUT2D eigenvalue weighted by Crippen LogP contribution is -2.08. The van der Waals surface area contributed by atoms with E-state index >= 15 is 0 Å². The molecule has 1 aliphatic heterocycles. The first-order valence-electron chi connectivity index (χ1n) is 8.93. The normalized spacial score (nSPS) is 12.4. The Balaban J connectivity index is 1.64. The molecule has 0 unspecified atom stereocenters. The number of hydrogen-bond acceptors (Lipinski definition) is 5. The van der Waals surface area contributed by atoms with Crippen molar-refractivity contribution >= 4 is 18.2 Å². The highest BCUT2D eigenvalue weighted by atomic mass is 16.5. The van der Waals surface area contributed by atoms with E-state index in [1.54, 1.807) is 18.5 Å². The molecule has 3 heterocycles. The van der Waals surface area contributed by atoms with Gasteiger partial charge in [-0.15, -0.1) is 0 Å². The number of carbonyl (C=O) groups excluding carboxylic acids is 1. The molecule has 136 valence electrons. The number of nitrogens with zero attached hydrogens (tertiary/aromatic N) is 4. The molecule has 2 aromatic heterocycles. The van der Waals surface area contributed by atoms with Crippen molar-refractivity contribution in [1.82, 2.24) is 14.8 Å². The fourth-order valence-corrected chi connectivity index (χ4v) is 3.31. The summed E-state index contributed by atoms with van der Waals surface area (Å²) >= 11 is 0. The number of rotatable bonds is 6. The van der Waals surface area contributed by atoms with Crippen molar-refractivity contribution in [2.24, 2.45) is 4.99 Å². The molecule has 1 aromatic carbocycles. The minimum atomic E-state index is 0.226. The summed E-state index contributed by atoms with van der Waals surface area (Å²) in [7, 11) is 0. The summed E-state index contributed by atoms with van der Waals surface area (Å²) in [4.78, 5) is 20.4. The highest BCUT2D eigenvalue weighted by molar-refractivity contribution is 5.89. The SMILES string of the molecule is CC(C)n1nccc1-c1ncccc1COc1ccc2c(c1C=O)CC=N2. The van der Waals surface area contributed by atoms with Crippen molar-refractivity contribution in [3.05, 3.63) is 59.4 Å². The number of benzene rings is 1. The van der Waals surface area contributed by atoms with Crippen LogP contribution in [0.1, 0.15) is 41.4 Å². The second-order valence-corrected chi connectivity index (χ2v) is 6.66. The summed E-state index contributed by atoms with van der Waals surface area (Å²) in [6.45, 7) is 4.48. The molecule has 6 heteroatoms. The van der Waals surface area contributed by atoms with E-state index in [0.717, 1.165) is 34.5 Å². The van der Waals surface area contributed by atoms with Crippen LogP contribution in [0.3, 0.4) is 0 Å². The van der Waals surface area contributed by atoms with Gasteiger partial charge in [-0.3, -0.25) is 19.5 Å². The van der Waals surface area contributed by atoms with E-state index in [9.17, 15) is 4.79 Å². The predicted molar refractivity (Wildman–Crippen MR) is 104 cm³/mol. The maximum Gasteiger partial charge on any atom is 0.154 e. The van der Waals surface area contributed by atoms with E-state index < -0.39 is 0 Å². The number of aromatic nitrogens is 3. The molecule has 0 aliphatic carbocycles. The van der Waals surface area contributed by atoms with Crippen molar-refractivity contribution in [2.75, 3.05) is 0 Å². The Labute approximate surface area is 157 Å². The van der Waals surface area contributed by atoms with Crippen LogP contribution in [0, 0.1) is 0 Å². The first kappa shape index (κ1) is 17.1. The molecule has 0 N–H and O–H groups in total. The van der Waals surface area contributed by atoms with E-state index in [-0.39, 0.29) is 6.04 Å². The van der Waals surface area contributed by atoms with Gasteiger partial charge in [-0.2, -0.15) is 5.10 Å². The van der Waals surface area contributed by atoms with E-state index in [4.69, 9.17) is 4.74 Å². The fraction of sp³-hybridized carbons (Fsp3) is 0.238. The Kier molecular flexibility index (Phi) is 4.54. The molecule has 0 saturated heterocycles. The first-order valence-corrected chi connectivity index (χ1v) is 8.93.